The largest absolute Gasteiger partial charge is 0.352 e. The van der Waals surface area contributed by atoms with Crippen molar-refractivity contribution in [2.75, 3.05) is 4.90 Å². The lowest BCUT2D eigenvalue weighted by Gasteiger charge is -2.37. The molecule has 4 nitrogen and oxygen atoms in total. The third-order valence-corrected chi connectivity index (χ3v) is 9.23. The number of rotatable bonds is 3. The second-order valence-corrected chi connectivity index (χ2v) is 11.6. The van der Waals surface area contributed by atoms with Crippen LogP contribution in [0.25, 0.3) is 6.08 Å². The van der Waals surface area contributed by atoms with Gasteiger partial charge in [0.05, 0.1) is 6.04 Å². The molecule has 3 aliphatic rings. The molecule has 1 spiro atoms. The number of carbonyl (C=O) groups excluding carboxylic acids is 3. The fourth-order valence-electron chi connectivity index (χ4n) is 6.93. The highest BCUT2D eigenvalue weighted by atomic mass is 35.5. The molecule has 0 aromatic heterocycles. The van der Waals surface area contributed by atoms with Gasteiger partial charge in [-0.15, -0.1) is 0 Å². The van der Waals surface area contributed by atoms with Crippen LogP contribution in [-0.4, -0.2) is 29.4 Å². The average molecular weight is 582 g/mol. The van der Waals surface area contributed by atoms with Crippen LogP contribution in [0.2, 0.25) is 10.0 Å². The molecule has 2 aliphatic heterocycles. The van der Waals surface area contributed by atoms with Crippen molar-refractivity contribution in [1.29, 1.82) is 0 Å². The Morgan fingerprint density at radius 3 is 2.22 bits per heavy atom. The molecule has 0 unspecified atom stereocenters. The first-order valence-electron chi connectivity index (χ1n) is 13.2. The lowest BCUT2D eigenvalue weighted by molar-refractivity contribution is 0.0666. The predicted molar refractivity (Wildman–Crippen MR) is 158 cm³/mol. The summed E-state index contributed by atoms with van der Waals surface area (Å²) in [5.41, 5.74) is 1.93. The third-order valence-electron chi connectivity index (χ3n) is 8.67. The third kappa shape index (κ3) is 3.55. The summed E-state index contributed by atoms with van der Waals surface area (Å²) in [5, 5.41) is 0.640. The van der Waals surface area contributed by atoms with E-state index in [9.17, 15) is 18.8 Å². The quantitative estimate of drug-likeness (QED) is 0.183. The summed E-state index contributed by atoms with van der Waals surface area (Å²) in [7, 11) is 0. The molecule has 4 aromatic carbocycles. The second kappa shape index (κ2) is 9.23. The summed E-state index contributed by atoms with van der Waals surface area (Å²) in [5.74, 6) is -2.40. The Bertz CT molecular complexity index is 1800. The molecule has 0 bridgehead atoms. The minimum absolute atomic E-state index is 0.253. The van der Waals surface area contributed by atoms with E-state index in [1.165, 1.54) is 12.1 Å². The lowest BCUT2D eigenvalue weighted by Crippen LogP contribution is -2.48. The molecule has 0 saturated carbocycles. The van der Waals surface area contributed by atoms with Crippen molar-refractivity contribution in [3.8, 4) is 0 Å². The maximum absolute atomic E-state index is 14.6. The van der Waals surface area contributed by atoms with Crippen LogP contribution in [0.4, 0.5) is 10.1 Å². The van der Waals surface area contributed by atoms with Crippen molar-refractivity contribution in [1.82, 2.24) is 0 Å². The maximum Gasteiger partial charge on any atom is 0.185 e. The van der Waals surface area contributed by atoms with E-state index in [4.69, 9.17) is 23.2 Å². The molecule has 0 N–H and O–H groups in total. The number of ketones is 3. The molecule has 7 rings (SSSR count). The van der Waals surface area contributed by atoms with Crippen LogP contribution in [0.1, 0.15) is 53.7 Å². The number of hydrogen-bond donors (Lipinski definition) is 0. The topological polar surface area (TPSA) is 54.5 Å². The van der Waals surface area contributed by atoms with Gasteiger partial charge in [-0.2, -0.15) is 0 Å². The molecule has 1 saturated heterocycles. The van der Waals surface area contributed by atoms with Crippen molar-refractivity contribution >= 4 is 52.3 Å². The zero-order valence-corrected chi connectivity index (χ0v) is 23.3. The minimum atomic E-state index is -1.70. The van der Waals surface area contributed by atoms with Gasteiger partial charge in [0.25, 0.3) is 0 Å². The normalized spacial score (nSPS) is 21.7. The number of benzene rings is 4. The van der Waals surface area contributed by atoms with E-state index < -0.39 is 29.2 Å². The number of Topliss-reactive ketones (excluding diaryl/α,β-unsaturated/α-hetero) is 3. The fourth-order valence-corrected chi connectivity index (χ4v) is 7.46. The molecule has 3 atom stereocenters. The Kier molecular flexibility index (Phi) is 5.83. The first-order chi connectivity index (χ1) is 19.7. The number of anilines is 1. The van der Waals surface area contributed by atoms with Gasteiger partial charge in [-0.1, -0.05) is 95.5 Å². The Balaban J connectivity index is 1.56. The molecule has 1 aliphatic carbocycles. The molecule has 2 heterocycles. The number of hydrogen-bond acceptors (Lipinski definition) is 4. The highest BCUT2D eigenvalue weighted by Crippen LogP contribution is 2.61. The van der Waals surface area contributed by atoms with Gasteiger partial charge < -0.3 is 4.90 Å². The van der Waals surface area contributed by atoms with Gasteiger partial charge in [0.15, 0.2) is 17.3 Å². The standard InChI is InChI=1S/C34H22Cl2FNO3/c1-18-6-8-19(9-7-18)31(39)30-29(25-13-11-21(35)17-26(25)36)34(32(40)23-4-2-3-5-24(23)33(34)41)28-15-10-20-16-22(37)12-14-27(20)38(28)30/h2-17,28-30H,1H3/t28-,29-,30+/m1/s1. The number of fused-ring (bicyclic) bond motifs is 5. The van der Waals surface area contributed by atoms with E-state index in [1.807, 2.05) is 24.0 Å². The van der Waals surface area contributed by atoms with Crippen LogP contribution in [0, 0.1) is 18.2 Å². The number of aryl methyl sites for hydroxylation is 1. The van der Waals surface area contributed by atoms with Crippen LogP contribution in [0.3, 0.4) is 0 Å². The summed E-state index contributed by atoms with van der Waals surface area (Å²) in [6.07, 6.45) is 3.48. The van der Waals surface area contributed by atoms with Gasteiger partial charge >= 0.3 is 0 Å². The van der Waals surface area contributed by atoms with Crippen LogP contribution < -0.4 is 4.90 Å². The zero-order chi connectivity index (χ0) is 28.6. The molecule has 4 aromatic rings. The van der Waals surface area contributed by atoms with Crippen molar-refractivity contribution in [3.05, 3.63) is 140 Å². The summed E-state index contributed by atoms with van der Waals surface area (Å²) in [6, 6.07) is 21.3. The fraction of sp³-hybridized carbons (Fsp3) is 0.147. The molecule has 7 heteroatoms. The van der Waals surface area contributed by atoms with E-state index in [0.29, 0.717) is 38.5 Å². The average Bonchev–Trinajstić information content (AvgIpc) is 3.39. The summed E-state index contributed by atoms with van der Waals surface area (Å²) in [4.78, 5) is 45.8. The summed E-state index contributed by atoms with van der Waals surface area (Å²) in [6.45, 7) is 1.93. The monoisotopic (exact) mass is 581 g/mol. The van der Waals surface area contributed by atoms with E-state index >= 15 is 0 Å². The second-order valence-electron chi connectivity index (χ2n) is 10.8. The van der Waals surface area contributed by atoms with Crippen molar-refractivity contribution in [2.45, 2.75) is 24.9 Å². The number of nitrogens with zero attached hydrogens (tertiary/aromatic N) is 1. The lowest BCUT2D eigenvalue weighted by atomic mass is 9.64. The van der Waals surface area contributed by atoms with E-state index in [-0.39, 0.29) is 22.4 Å². The first kappa shape index (κ1) is 25.9. The summed E-state index contributed by atoms with van der Waals surface area (Å²) < 4.78 is 14.4. The van der Waals surface area contributed by atoms with Crippen molar-refractivity contribution in [2.24, 2.45) is 5.41 Å². The molecule has 1 fully saturated rings. The van der Waals surface area contributed by atoms with Crippen molar-refractivity contribution in [3.63, 3.8) is 0 Å². The Morgan fingerprint density at radius 1 is 0.878 bits per heavy atom. The highest BCUT2D eigenvalue weighted by Gasteiger charge is 2.71. The van der Waals surface area contributed by atoms with E-state index in [0.717, 1.165) is 5.56 Å². The van der Waals surface area contributed by atoms with Gasteiger partial charge in [-0.25, -0.2) is 4.39 Å². The molecule has 0 radical (unpaired) electrons. The van der Waals surface area contributed by atoms with E-state index in [2.05, 4.69) is 0 Å². The molecule has 202 valence electrons. The number of carbonyl (C=O) groups is 3. The Morgan fingerprint density at radius 2 is 1.56 bits per heavy atom. The minimum Gasteiger partial charge on any atom is -0.352 e. The Hall–Kier alpha value is -4.06. The van der Waals surface area contributed by atoms with Gasteiger partial charge in [0, 0.05) is 43.9 Å². The smallest absolute Gasteiger partial charge is 0.185 e. The summed E-state index contributed by atoms with van der Waals surface area (Å²) >= 11 is 13.1. The molecular formula is C34H22Cl2FNO3. The zero-order valence-electron chi connectivity index (χ0n) is 21.8. The van der Waals surface area contributed by atoms with Crippen LogP contribution in [0.5, 0.6) is 0 Å². The maximum atomic E-state index is 14.6. The number of halogens is 3. The van der Waals surface area contributed by atoms with Gasteiger partial charge in [0.2, 0.25) is 0 Å². The van der Waals surface area contributed by atoms with Crippen molar-refractivity contribution < 1.29 is 18.8 Å². The van der Waals surface area contributed by atoms with Gasteiger partial charge in [-0.3, -0.25) is 14.4 Å². The van der Waals surface area contributed by atoms with E-state index in [1.54, 1.807) is 72.8 Å². The Labute approximate surface area is 246 Å². The predicted octanol–water partition coefficient (Wildman–Crippen LogP) is 7.76. The highest BCUT2D eigenvalue weighted by molar-refractivity contribution is 6.36. The first-order valence-corrected chi connectivity index (χ1v) is 14.0. The molecule has 41 heavy (non-hydrogen) atoms. The van der Waals surface area contributed by atoms with Crippen LogP contribution in [-0.2, 0) is 0 Å². The van der Waals surface area contributed by atoms with Gasteiger partial charge in [-0.05, 0) is 42.8 Å². The molecular weight excluding hydrogens is 560 g/mol. The van der Waals surface area contributed by atoms with Crippen LogP contribution in [0.15, 0.2) is 91.0 Å². The SMILES string of the molecule is Cc1ccc(C(=O)[C@@H]2[C@@H](c3ccc(Cl)cc3Cl)C3(C(=O)c4ccccc4C3=O)[C@H]3C=Cc4cc(F)ccc4N23)cc1. The molecule has 0 amide bonds. The van der Waals surface area contributed by atoms with Gasteiger partial charge in [0.1, 0.15) is 17.3 Å². The van der Waals surface area contributed by atoms with Crippen LogP contribution >= 0.6 is 23.2 Å².